The number of carbonyl (C=O) groups excluding carboxylic acids is 2. The Morgan fingerprint density at radius 3 is 2.80 bits per heavy atom. The zero-order chi connectivity index (χ0) is 24.2. The highest BCUT2D eigenvalue weighted by atomic mass is 16.7. The monoisotopic (exact) mass is 472 g/mol. The Hall–Kier alpha value is -4.47. The lowest BCUT2D eigenvalue weighted by molar-refractivity contribution is -0.140. The molecule has 0 radical (unpaired) electrons. The minimum Gasteiger partial charge on any atom is -0.454 e. The summed E-state index contributed by atoms with van der Waals surface area (Å²) in [6.45, 7) is 2.20. The smallest absolute Gasteiger partial charge is 0.247 e. The highest BCUT2D eigenvalue weighted by Crippen LogP contribution is 2.34. The van der Waals surface area contributed by atoms with Gasteiger partial charge in [-0.1, -0.05) is 30.3 Å². The molecule has 5 rings (SSSR count). The van der Waals surface area contributed by atoms with Gasteiger partial charge in [-0.05, 0) is 42.3 Å². The molecule has 0 fully saturated rings. The van der Waals surface area contributed by atoms with Crippen LogP contribution in [0.25, 0.3) is 11.0 Å². The molecule has 0 saturated carbocycles. The summed E-state index contributed by atoms with van der Waals surface area (Å²) in [5.41, 5.74) is 2.83. The lowest BCUT2D eigenvalue weighted by Gasteiger charge is -2.30. The maximum Gasteiger partial charge on any atom is 0.247 e. The number of carbonyl (C=O) groups is 2. The highest BCUT2D eigenvalue weighted by molar-refractivity contribution is 5.97. The third-order valence-corrected chi connectivity index (χ3v) is 5.81. The van der Waals surface area contributed by atoms with Crippen LogP contribution in [0.15, 0.2) is 67.0 Å². The normalized spacial score (nSPS) is 12.9. The number of rotatable bonds is 8. The maximum absolute atomic E-state index is 13.6. The van der Waals surface area contributed by atoms with Crippen LogP contribution in [-0.4, -0.2) is 49.5 Å². The van der Waals surface area contributed by atoms with E-state index < -0.39 is 6.04 Å². The van der Waals surface area contributed by atoms with Crippen molar-refractivity contribution in [2.45, 2.75) is 32.5 Å². The average Bonchev–Trinajstić information content (AvgIpc) is 3.51. The summed E-state index contributed by atoms with van der Waals surface area (Å²) in [5.74, 6) is 0.643. The predicted octanol–water partition coefficient (Wildman–Crippen LogP) is 3.00. The number of nitrogens with zero attached hydrogens (tertiary/aromatic N) is 5. The lowest BCUT2D eigenvalue weighted by atomic mass is 10.1. The van der Waals surface area contributed by atoms with E-state index in [-0.39, 0.29) is 31.7 Å². The van der Waals surface area contributed by atoms with Gasteiger partial charge in [-0.2, -0.15) is 0 Å². The van der Waals surface area contributed by atoms with Crippen LogP contribution in [0.5, 0.6) is 11.5 Å². The standard InChI is InChI=1S/C25H24N6O4/c1-2-20(25(33)27-18-9-10-22-23(12-18)35-16-34-22)30(14-17-6-5-11-26-13-17)24(32)15-31-21-8-4-3-7-19(21)28-29-31/h3-13,20H,2,14-16H2,1H3,(H,27,33)/t20-/m0/s1. The van der Waals surface area contributed by atoms with Crippen molar-refractivity contribution in [1.82, 2.24) is 24.9 Å². The number of hydrogen-bond donors (Lipinski definition) is 1. The fraction of sp³-hybridized carbons (Fsp3) is 0.240. The molecule has 0 saturated heterocycles. The van der Waals surface area contributed by atoms with Crippen molar-refractivity contribution >= 4 is 28.5 Å². The minimum absolute atomic E-state index is 0.0470. The van der Waals surface area contributed by atoms with Crippen LogP contribution in [0.4, 0.5) is 5.69 Å². The van der Waals surface area contributed by atoms with Crippen LogP contribution in [0.1, 0.15) is 18.9 Å². The van der Waals surface area contributed by atoms with Gasteiger partial charge in [0.25, 0.3) is 0 Å². The van der Waals surface area contributed by atoms with E-state index in [1.165, 1.54) is 0 Å². The van der Waals surface area contributed by atoms with Crippen LogP contribution in [0.3, 0.4) is 0 Å². The van der Waals surface area contributed by atoms with E-state index in [0.29, 0.717) is 29.1 Å². The van der Waals surface area contributed by atoms with E-state index in [1.54, 1.807) is 46.2 Å². The van der Waals surface area contributed by atoms with Crippen molar-refractivity contribution in [3.8, 4) is 11.5 Å². The summed E-state index contributed by atoms with van der Waals surface area (Å²) in [6, 6.07) is 15.6. The molecule has 10 heteroatoms. The Bertz CT molecular complexity index is 1360. The number of ether oxygens (including phenoxy) is 2. The highest BCUT2D eigenvalue weighted by Gasteiger charge is 2.30. The molecule has 10 nitrogen and oxygen atoms in total. The van der Waals surface area contributed by atoms with Crippen molar-refractivity contribution in [3.05, 3.63) is 72.6 Å². The molecule has 2 aromatic carbocycles. The molecule has 0 bridgehead atoms. The lowest BCUT2D eigenvalue weighted by Crippen LogP contribution is -2.47. The first kappa shape index (κ1) is 22.3. The van der Waals surface area contributed by atoms with E-state index >= 15 is 0 Å². The minimum atomic E-state index is -0.720. The molecule has 1 N–H and O–H groups in total. The van der Waals surface area contributed by atoms with Crippen LogP contribution >= 0.6 is 0 Å². The molecule has 0 spiro atoms. The molecule has 35 heavy (non-hydrogen) atoms. The second kappa shape index (κ2) is 9.80. The van der Waals surface area contributed by atoms with Crippen molar-refractivity contribution in [3.63, 3.8) is 0 Å². The third-order valence-electron chi connectivity index (χ3n) is 5.81. The Morgan fingerprint density at radius 1 is 1.11 bits per heavy atom. The molecule has 2 aromatic heterocycles. The topological polar surface area (TPSA) is 111 Å². The second-order valence-corrected chi connectivity index (χ2v) is 8.10. The number of benzene rings is 2. The Morgan fingerprint density at radius 2 is 1.97 bits per heavy atom. The Balaban J connectivity index is 1.40. The summed E-state index contributed by atoms with van der Waals surface area (Å²) in [4.78, 5) is 32.7. The molecule has 178 valence electrons. The molecule has 0 unspecified atom stereocenters. The van der Waals surface area contributed by atoms with E-state index in [1.807, 2.05) is 37.3 Å². The molecule has 1 aliphatic rings. The quantitative estimate of drug-likeness (QED) is 0.420. The molecule has 1 aliphatic heterocycles. The first-order valence-electron chi connectivity index (χ1n) is 11.3. The van der Waals surface area contributed by atoms with Gasteiger partial charge in [-0.15, -0.1) is 5.10 Å². The summed E-state index contributed by atoms with van der Waals surface area (Å²) >= 11 is 0. The molecule has 4 aromatic rings. The SMILES string of the molecule is CC[C@@H](C(=O)Nc1ccc2c(c1)OCO2)N(Cc1cccnc1)C(=O)Cn1nnc2ccccc21. The predicted molar refractivity (Wildman–Crippen MR) is 128 cm³/mol. The number of hydrogen-bond acceptors (Lipinski definition) is 7. The van der Waals surface area contributed by atoms with E-state index in [4.69, 9.17) is 9.47 Å². The summed E-state index contributed by atoms with van der Waals surface area (Å²) in [5, 5.41) is 11.2. The number of pyridine rings is 1. The molecule has 3 heterocycles. The van der Waals surface area contributed by atoms with Crippen LogP contribution in [0.2, 0.25) is 0 Å². The van der Waals surface area contributed by atoms with Crippen LogP contribution in [-0.2, 0) is 22.7 Å². The molecular weight excluding hydrogens is 448 g/mol. The van der Waals surface area contributed by atoms with Gasteiger partial charge in [-0.25, -0.2) is 4.68 Å². The van der Waals surface area contributed by atoms with Crippen LogP contribution < -0.4 is 14.8 Å². The first-order valence-corrected chi connectivity index (χ1v) is 11.3. The van der Waals surface area contributed by atoms with Gasteiger partial charge in [0.1, 0.15) is 18.1 Å². The summed E-state index contributed by atoms with van der Waals surface area (Å²) in [6.07, 6.45) is 3.77. The van der Waals surface area contributed by atoms with Gasteiger partial charge in [0.15, 0.2) is 11.5 Å². The zero-order valence-corrected chi connectivity index (χ0v) is 19.1. The zero-order valence-electron chi connectivity index (χ0n) is 19.1. The average molecular weight is 473 g/mol. The fourth-order valence-corrected chi connectivity index (χ4v) is 4.06. The first-order chi connectivity index (χ1) is 17.1. The molecule has 2 amide bonds. The van der Waals surface area contributed by atoms with Crippen molar-refractivity contribution in [2.75, 3.05) is 12.1 Å². The van der Waals surface area contributed by atoms with Gasteiger partial charge >= 0.3 is 0 Å². The van der Waals surface area contributed by atoms with Gasteiger partial charge in [-0.3, -0.25) is 14.6 Å². The Kier molecular flexibility index (Phi) is 6.25. The second-order valence-electron chi connectivity index (χ2n) is 8.10. The molecule has 1 atom stereocenters. The van der Waals surface area contributed by atoms with Crippen molar-refractivity contribution in [2.24, 2.45) is 0 Å². The Labute approximate surface area is 201 Å². The summed E-state index contributed by atoms with van der Waals surface area (Å²) < 4.78 is 12.3. The van der Waals surface area contributed by atoms with Gasteiger partial charge < -0.3 is 19.7 Å². The van der Waals surface area contributed by atoms with Gasteiger partial charge in [0.2, 0.25) is 18.6 Å². The van der Waals surface area contributed by atoms with Crippen molar-refractivity contribution in [1.29, 1.82) is 0 Å². The number of fused-ring (bicyclic) bond motifs is 2. The number of amides is 2. The van der Waals surface area contributed by atoms with E-state index in [2.05, 4.69) is 20.6 Å². The fourth-order valence-electron chi connectivity index (χ4n) is 4.06. The third kappa shape index (κ3) is 4.77. The number of para-hydroxylation sites is 1. The number of aromatic nitrogens is 4. The van der Waals surface area contributed by atoms with E-state index in [0.717, 1.165) is 11.1 Å². The number of nitrogens with one attached hydrogen (secondary N) is 1. The number of anilines is 1. The molecule has 0 aliphatic carbocycles. The van der Waals surface area contributed by atoms with Gasteiger partial charge in [0.05, 0.1) is 5.52 Å². The molecular formula is C25H24N6O4. The largest absolute Gasteiger partial charge is 0.454 e. The summed E-state index contributed by atoms with van der Waals surface area (Å²) in [7, 11) is 0. The van der Waals surface area contributed by atoms with E-state index in [9.17, 15) is 9.59 Å². The maximum atomic E-state index is 13.6. The van der Waals surface area contributed by atoms with Crippen molar-refractivity contribution < 1.29 is 19.1 Å². The van der Waals surface area contributed by atoms with Crippen LogP contribution in [0, 0.1) is 0 Å². The van der Waals surface area contributed by atoms with Gasteiger partial charge in [0, 0.05) is 30.7 Å².